The lowest BCUT2D eigenvalue weighted by Gasteiger charge is -2.59. The molecule has 3 aliphatic rings. The lowest BCUT2D eigenvalue weighted by Crippen LogP contribution is -2.51. The van der Waals surface area contributed by atoms with Crippen LogP contribution in [-0.4, -0.2) is 16.4 Å². The quantitative estimate of drug-likeness (QED) is 0.616. The van der Waals surface area contributed by atoms with Crippen molar-refractivity contribution in [1.82, 2.24) is 0 Å². The molecular weight excluding hydrogens is 347 g/mol. The third-order valence-electron chi connectivity index (χ3n) is 9.08. The van der Waals surface area contributed by atoms with Crippen LogP contribution < -0.4 is 0 Å². The van der Waals surface area contributed by atoms with Gasteiger partial charge in [-0.3, -0.25) is 4.52 Å². The van der Waals surface area contributed by atoms with Gasteiger partial charge >= 0.3 is 7.82 Å². The van der Waals surface area contributed by atoms with E-state index in [-0.39, 0.29) is 17.9 Å². The maximum absolute atomic E-state index is 11.3. The maximum Gasteiger partial charge on any atom is 0.469 e. The average Bonchev–Trinajstić information content (AvgIpc) is 2.50. The zero-order chi connectivity index (χ0) is 19.3. The topological polar surface area (TPSA) is 66.8 Å². The Labute approximate surface area is 159 Å². The monoisotopic (exact) mass is 386 g/mol. The molecule has 0 radical (unpaired) electrons. The Morgan fingerprint density at radius 1 is 0.962 bits per heavy atom. The van der Waals surface area contributed by atoms with Crippen LogP contribution in [0.4, 0.5) is 0 Å². The average molecular weight is 387 g/mol. The van der Waals surface area contributed by atoms with Crippen molar-refractivity contribution < 1.29 is 18.9 Å². The normalized spacial score (nSPS) is 46.1. The Balaban J connectivity index is 1.88. The van der Waals surface area contributed by atoms with Gasteiger partial charge in [0.1, 0.15) is 0 Å². The highest BCUT2D eigenvalue weighted by atomic mass is 31.2. The number of fused-ring (bicyclic) bond motifs is 3. The Bertz CT molecular complexity index is 556. The van der Waals surface area contributed by atoms with Crippen LogP contribution >= 0.6 is 7.82 Å². The van der Waals surface area contributed by atoms with Gasteiger partial charge in [0, 0.05) is 0 Å². The Morgan fingerprint density at radius 2 is 1.58 bits per heavy atom. The standard InChI is InChI=1S/C21H39O4P/c1-14-6-8-16-12-19-15(2)7-9-17(13-25-26(22,23)24)21(19,5)11-10-18(14)20(16,3)4/h14-19H,6-13H2,1-5H3,(H2,22,23,24)/t14-,15-,16+,17?,18+,19-,21-/m1/s1. The number of phosphoric acid groups is 1. The number of hydrogen-bond acceptors (Lipinski definition) is 2. The molecule has 4 nitrogen and oxygen atoms in total. The van der Waals surface area contributed by atoms with Crippen molar-refractivity contribution >= 4 is 7.82 Å². The molecule has 0 saturated heterocycles. The van der Waals surface area contributed by atoms with E-state index in [2.05, 4.69) is 34.6 Å². The molecular formula is C21H39O4P. The molecule has 2 bridgehead atoms. The van der Waals surface area contributed by atoms with E-state index in [9.17, 15) is 14.4 Å². The summed E-state index contributed by atoms with van der Waals surface area (Å²) in [6, 6.07) is 0. The fraction of sp³-hybridized carbons (Fsp3) is 1.00. The highest BCUT2D eigenvalue weighted by molar-refractivity contribution is 7.46. The molecule has 26 heavy (non-hydrogen) atoms. The van der Waals surface area contributed by atoms with Crippen LogP contribution in [0.2, 0.25) is 0 Å². The molecule has 3 aliphatic carbocycles. The van der Waals surface area contributed by atoms with Gasteiger partial charge in [0.2, 0.25) is 0 Å². The van der Waals surface area contributed by atoms with Crippen molar-refractivity contribution in [3.05, 3.63) is 0 Å². The van der Waals surface area contributed by atoms with E-state index in [0.717, 1.165) is 30.6 Å². The predicted octanol–water partition coefficient (Wildman–Crippen LogP) is 5.64. The van der Waals surface area contributed by atoms with Crippen LogP contribution in [0.25, 0.3) is 0 Å². The number of hydrogen-bond donors (Lipinski definition) is 2. The molecule has 3 fully saturated rings. The third-order valence-corrected chi connectivity index (χ3v) is 9.56. The third kappa shape index (κ3) is 3.81. The molecule has 3 rings (SSSR count). The second kappa shape index (κ2) is 7.17. The Hall–Kier alpha value is 0.110. The molecule has 1 unspecified atom stereocenters. The number of rotatable bonds is 3. The summed E-state index contributed by atoms with van der Waals surface area (Å²) in [5.41, 5.74) is 0.547. The minimum absolute atomic E-state index is 0.136. The second-order valence-electron chi connectivity index (χ2n) is 10.6. The van der Waals surface area contributed by atoms with E-state index in [1.807, 2.05) is 0 Å². The first-order valence-corrected chi connectivity index (χ1v) is 12.2. The highest BCUT2D eigenvalue weighted by Crippen LogP contribution is 2.61. The van der Waals surface area contributed by atoms with Crippen molar-refractivity contribution in [2.45, 2.75) is 79.6 Å². The minimum Gasteiger partial charge on any atom is -0.303 e. The summed E-state index contributed by atoms with van der Waals surface area (Å²) in [5, 5.41) is 0. The zero-order valence-electron chi connectivity index (χ0n) is 17.3. The van der Waals surface area contributed by atoms with Crippen LogP contribution in [-0.2, 0) is 9.09 Å². The molecule has 0 aromatic rings. The van der Waals surface area contributed by atoms with E-state index in [1.54, 1.807) is 0 Å². The van der Waals surface area contributed by atoms with Crippen molar-refractivity contribution in [2.24, 2.45) is 46.3 Å². The van der Waals surface area contributed by atoms with Gasteiger partial charge in [-0.25, -0.2) is 4.57 Å². The van der Waals surface area contributed by atoms with E-state index >= 15 is 0 Å². The summed E-state index contributed by atoms with van der Waals surface area (Å²) in [6.45, 7) is 12.4. The van der Waals surface area contributed by atoms with Gasteiger partial charge < -0.3 is 9.79 Å². The second-order valence-corrected chi connectivity index (χ2v) is 11.8. The van der Waals surface area contributed by atoms with Gasteiger partial charge in [0.05, 0.1) is 6.61 Å². The summed E-state index contributed by atoms with van der Waals surface area (Å²) in [4.78, 5) is 18.4. The summed E-state index contributed by atoms with van der Waals surface area (Å²) in [6.07, 6.45) is 8.58. The summed E-state index contributed by atoms with van der Waals surface area (Å²) < 4.78 is 16.3. The molecule has 0 aliphatic heterocycles. The van der Waals surface area contributed by atoms with Crippen molar-refractivity contribution in [2.75, 3.05) is 6.61 Å². The van der Waals surface area contributed by atoms with Gasteiger partial charge in [-0.15, -0.1) is 0 Å². The van der Waals surface area contributed by atoms with Crippen molar-refractivity contribution in [3.63, 3.8) is 0 Å². The van der Waals surface area contributed by atoms with Crippen LogP contribution in [0.5, 0.6) is 0 Å². The molecule has 0 heterocycles. The lowest BCUT2D eigenvalue weighted by molar-refractivity contribution is -0.100. The smallest absolute Gasteiger partial charge is 0.303 e. The first-order valence-electron chi connectivity index (χ1n) is 10.6. The summed E-state index contributed by atoms with van der Waals surface area (Å²) in [5.74, 6) is 3.91. The van der Waals surface area contributed by atoms with E-state index < -0.39 is 7.82 Å². The number of phosphoric ester groups is 1. The molecule has 0 aromatic carbocycles. The molecule has 0 amide bonds. The molecule has 7 atom stereocenters. The molecule has 5 heteroatoms. The van der Waals surface area contributed by atoms with E-state index in [4.69, 9.17) is 4.52 Å². The first kappa shape index (κ1) is 20.8. The maximum atomic E-state index is 11.3. The lowest BCUT2D eigenvalue weighted by atomic mass is 9.47. The van der Waals surface area contributed by atoms with Gasteiger partial charge in [-0.2, -0.15) is 0 Å². The van der Waals surface area contributed by atoms with Crippen molar-refractivity contribution in [1.29, 1.82) is 0 Å². The van der Waals surface area contributed by atoms with Gasteiger partial charge in [-0.05, 0) is 78.4 Å². The predicted molar refractivity (Wildman–Crippen MR) is 104 cm³/mol. The van der Waals surface area contributed by atoms with Gasteiger partial charge in [0.25, 0.3) is 0 Å². The largest absolute Gasteiger partial charge is 0.469 e. The van der Waals surface area contributed by atoms with Crippen LogP contribution in [0.1, 0.15) is 79.6 Å². The van der Waals surface area contributed by atoms with Gasteiger partial charge in [0.15, 0.2) is 0 Å². The van der Waals surface area contributed by atoms with Crippen LogP contribution in [0.15, 0.2) is 0 Å². The Morgan fingerprint density at radius 3 is 2.23 bits per heavy atom. The molecule has 0 spiro atoms. The van der Waals surface area contributed by atoms with Crippen molar-refractivity contribution in [3.8, 4) is 0 Å². The van der Waals surface area contributed by atoms with Crippen LogP contribution in [0.3, 0.4) is 0 Å². The van der Waals surface area contributed by atoms with Gasteiger partial charge in [-0.1, -0.05) is 47.5 Å². The van der Waals surface area contributed by atoms with E-state index in [1.165, 1.54) is 32.1 Å². The van der Waals surface area contributed by atoms with Crippen LogP contribution in [0, 0.1) is 46.3 Å². The minimum atomic E-state index is -4.39. The fourth-order valence-corrected chi connectivity index (χ4v) is 7.60. The van der Waals surface area contributed by atoms with E-state index in [0.29, 0.717) is 17.3 Å². The highest BCUT2D eigenvalue weighted by Gasteiger charge is 2.53. The molecule has 152 valence electrons. The summed E-state index contributed by atoms with van der Waals surface area (Å²) in [7, 11) is -4.39. The molecule has 0 aromatic heterocycles. The molecule has 2 N–H and O–H groups in total. The SMILES string of the molecule is C[C@@H]1CCC(COP(=O)(O)O)[C@@]2(C)CC[C@H]3[C@H](C)CC[C@@H](C[C@H]12)C3(C)C. The molecule has 3 saturated carbocycles. The fourth-order valence-electron chi connectivity index (χ4n) is 7.22. The Kier molecular flexibility index (Phi) is 5.75. The summed E-state index contributed by atoms with van der Waals surface area (Å²) >= 11 is 0. The zero-order valence-corrected chi connectivity index (χ0v) is 18.2. The first-order chi connectivity index (χ1) is 11.9.